The van der Waals surface area contributed by atoms with E-state index in [1.54, 1.807) is 4.68 Å². The van der Waals surface area contributed by atoms with Gasteiger partial charge in [-0.2, -0.15) is 10.4 Å². The fraction of sp³-hybridized carbons (Fsp3) is 0.375. The van der Waals surface area contributed by atoms with Gasteiger partial charge in [0.25, 0.3) is 0 Å². The van der Waals surface area contributed by atoms with Crippen molar-refractivity contribution >= 4 is 40.0 Å². The van der Waals surface area contributed by atoms with E-state index >= 15 is 4.39 Å². The van der Waals surface area contributed by atoms with Crippen LogP contribution in [0.15, 0.2) is 54.6 Å². The summed E-state index contributed by atoms with van der Waals surface area (Å²) < 4.78 is 22.7. The van der Waals surface area contributed by atoms with E-state index in [0.29, 0.717) is 12.1 Å². The molecule has 9 nitrogen and oxygen atoms in total. The Morgan fingerprint density at radius 1 is 1.14 bits per heavy atom. The van der Waals surface area contributed by atoms with E-state index in [2.05, 4.69) is 20.7 Å². The van der Waals surface area contributed by atoms with Gasteiger partial charge in [-0.1, -0.05) is 37.3 Å². The van der Waals surface area contributed by atoms with Gasteiger partial charge in [-0.3, -0.25) is 9.48 Å². The first-order chi connectivity index (χ1) is 19.8. The minimum Gasteiger partial charge on any atom is -0.460 e. The first-order valence-corrected chi connectivity index (χ1v) is 13.9. The van der Waals surface area contributed by atoms with E-state index < -0.39 is 11.4 Å². The molecule has 0 aliphatic carbocycles. The number of hydrogen-bond acceptors (Lipinski definition) is 8. The molecular weight excluding hydrogens is 533 g/mol. The highest BCUT2D eigenvalue weighted by Crippen LogP contribution is 2.31. The molecule has 2 aromatic heterocycles. The van der Waals surface area contributed by atoms with Crippen LogP contribution in [-0.4, -0.2) is 46.5 Å². The molecule has 0 saturated heterocycles. The van der Waals surface area contributed by atoms with Crippen molar-refractivity contribution in [2.75, 3.05) is 29.6 Å². The monoisotopic (exact) mass is 571 g/mol. The van der Waals surface area contributed by atoms with Gasteiger partial charge < -0.3 is 20.3 Å². The smallest absolute Gasteiger partial charge is 0.306 e. The first kappa shape index (κ1) is 30.3. The zero-order chi connectivity index (χ0) is 30.6. The molecule has 0 saturated carbocycles. The highest BCUT2D eigenvalue weighted by atomic mass is 19.1. The Kier molecular flexibility index (Phi) is 9.00. The Hall–Kier alpha value is -4.65. The van der Waals surface area contributed by atoms with Crippen LogP contribution in [0.4, 0.5) is 27.5 Å². The molecule has 2 aromatic carbocycles. The standard InChI is InChI=1S/C32H38FN7O2/c1-20(15-28(41)42-32(2,3)4)26(16-21-11-9-8-10-12-21)36-30-25(33)17-22(19-34)29(37-30)35-23-13-14-27-24(18-23)31(39(5)6)38-40(27)7/h8-14,17-18,20,26H,15-16H2,1-7H3,(H2,35,36,37)/t20-,26-/m1/s1. The van der Waals surface area contributed by atoms with Crippen molar-refractivity contribution in [1.29, 1.82) is 5.26 Å². The summed E-state index contributed by atoms with van der Waals surface area (Å²) in [6.45, 7) is 7.41. The molecule has 4 aromatic rings. The Labute approximate surface area is 246 Å². The second-order valence-electron chi connectivity index (χ2n) is 11.7. The third kappa shape index (κ3) is 7.35. The molecule has 2 N–H and O–H groups in total. The van der Waals surface area contributed by atoms with Crippen molar-refractivity contribution in [2.24, 2.45) is 13.0 Å². The maximum Gasteiger partial charge on any atom is 0.306 e. The largest absolute Gasteiger partial charge is 0.460 e. The van der Waals surface area contributed by atoms with Gasteiger partial charge in [-0.05, 0) is 62.9 Å². The zero-order valence-corrected chi connectivity index (χ0v) is 25.2. The highest BCUT2D eigenvalue weighted by Gasteiger charge is 2.26. The number of esters is 1. The number of aryl methyl sites for hydroxylation is 1. The number of aromatic nitrogens is 3. The number of halogens is 1. The van der Waals surface area contributed by atoms with Crippen LogP contribution in [0.2, 0.25) is 0 Å². The van der Waals surface area contributed by atoms with Crippen molar-refractivity contribution in [3.63, 3.8) is 0 Å². The van der Waals surface area contributed by atoms with E-state index in [0.717, 1.165) is 22.3 Å². The molecule has 10 heteroatoms. The number of carbonyl (C=O) groups excluding carboxylic acids is 1. The van der Waals surface area contributed by atoms with Crippen molar-refractivity contribution < 1.29 is 13.9 Å². The summed E-state index contributed by atoms with van der Waals surface area (Å²) >= 11 is 0. The summed E-state index contributed by atoms with van der Waals surface area (Å²) in [5.74, 6) is -0.190. The minimum absolute atomic E-state index is 0.00935. The molecule has 220 valence electrons. The van der Waals surface area contributed by atoms with Gasteiger partial charge >= 0.3 is 5.97 Å². The molecule has 0 fully saturated rings. The number of nitrogens with one attached hydrogen (secondary N) is 2. The third-order valence-corrected chi connectivity index (χ3v) is 6.83. The van der Waals surface area contributed by atoms with E-state index in [9.17, 15) is 10.1 Å². The maximum atomic E-state index is 15.3. The van der Waals surface area contributed by atoms with Crippen LogP contribution in [0.3, 0.4) is 0 Å². The number of rotatable bonds is 10. The van der Waals surface area contributed by atoms with Crippen LogP contribution >= 0.6 is 0 Å². The number of benzene rings is 2. The Balaban J connectivity index is 1.65. The van der Waals surface area contributed by atoms with Crippen LogP contribution in [0.25, 0.3) is 10.9 Å². The maximum absolute atomic E-state index is 15.3. The lowest BCUT2D eigenvalue weighted by Crippen LogP contribution is -2.34. The molecular formula is C32H38FN7O2. The van der Waals surface area contributed by atoms with E-state index in [1.807, 2.05) is 108 Å². The number of carbonyl (C=O) groups is 1. The summed E-state index contributed by atoms with van der Waals surface area (Å²) in [5.41, 5.74) is 2.12. The minimum atomic E-state index is -0.655. The predicted octanol–water partition coefficient (Wildman–Crippen LogP) is 6.18. The molecule has 0 spiro atoms. The Morgan fingerprint density at radius 3 is 2.50 bits per heavy atom. The molecule has 4 rings (SSSR count). The van der Waals surface area contributed by atoms with E-state index in [1.165, 1.54) is 6.07 Å². The average molecular weight is 572 g/mol. The van der Waals surface area contributed by atoms with Crippen LogP contribution in [0.1, 0.15) is 45.2 Å². The summed E-state index contributed by atoms with van der Waals surface area (Å²) in [5, 5.41) is 21.7. The second-order valence-corrected chi connectivity index (χ2v) is 11.7. The normalized spacial score (nSPS) is 12.8. The van der Waals surface area contributed by atoms with Gasteiger partial charge in [0.1, 0.15) is 11.7 Å². The van der Waals surface area contributed by atoms with Crippen LogP contribution in [-0.2, 0) is 23.0 Å². The zero-order valence-electron chi connectivity index (χ0n) is 25.2. The van der Waals surface area contributed by atoms with Crippen LogP contribution in [0.5, 0.6) is 0 Å². The van der Waals surface area contributed by atoms with E-state index in [4.69, 9.17) is 4.74 Å². The van der Waals surface area contributed by atoms with Crippen molar-refractivity contribution in [3.8, 4) is 6.07 Å². The number of fused-ring (bicyclic) bond motifs is 1. The Morgan fingerprint density at radius 2 is 1.86 bits per heavy atom. The highest BCUT2D eigenvalue weighted by molar-refractivity contribution is 5.93. The van der Waals surface area contributed by atoms with Crippen molar-refractivity contribution in [2.45, 2.75) is 52.2 Å². The number of nitrogens with zero attached hydrogens (tertiary/aromatic N) is 5. The van der Waals surface area contributed by atoms with Gasteiger partial charge in [0.2, 0.25) is 0 Å². The number of anilines is 4. The summed E-state index contributed by atoms with van der Waals surface area (Å²) in [6, 6.07) is 18.4. The summed E-state index contributed by atoms with van der Waals surface area (Å²) in [6.07, 6.45) is 0.670. The molecule has 2 heterocycles. The van der Waals surface area contributed by atoms with E-state index in [-0.39, 0.29) is 41.5 Å². The summed E-state index contributed by atoms with van der Waals surface area (Å²) in [4.78, 5) is 19.1. The third-order valence-electron chi connectivity index (χ3n) is 6.83. The van der Waals surface area contributed by atoms with Crippen LogP contribution in [0, 0.1) is 23.1 Å². The molecule has 0 radical (unpaired) electrons. The lowest BCUT2D eigenvalue weighted by atomic mass is 9.92. The summed E-state index contributed by atoms with van der Waals surface area (Å²) in [7, 11) is 5.72. The molecule has 0 bridgehead atoms. The van der Waals surface area contributed by atoms with Gasteiger partial charge in [-0.25, -0.2) is 9.37 Å². The number of pyridine rings is 1. The number of hydrogen-bond donors (Lipinski definition) is 2. The molecule has 0 unspecified atom stereocenters. The van der Waals surface area contributed by atoms with Gasteiger partial charge in [0, 0.05) is 38.3 Å². The topological polar surface area (TPSA) is 108 Å². The average Bonchev–Trinajstić information content (AvgIpc) is 3.25. The van der Waals surface area contributed by atoms with Crippen LogP contribution < -0.4 is 15.5 Å². The number of ether oxygens (including phenoxy) is 1. The first-order valence-electron chi connectivity index (χ1n) is 13.9. The predicted molar refractivity (Wildman–Crippen MR) is 164 cm³/mol. The Bertz CT molecular complexity index is 1600. The SMILES string of the molecule is C[C@H](CC(=O)OC(C)(C)C)[C@@H](Cc1ccccc1)Nc1nc(Nc2ccc3c(c2)c(N(C)C)nn3C)c(C#N)cc1F. The van der Waals surface area contributed by atoms with Gasteiger partial charge in [0.15, 0.2) is 23.3 Å². The lowest BCUT2D eigenvalue weighted by Gasteiger charge is -2.27. The molecule has 0 aliphatic heterocycles. The molecule has 0 amide bonds. The van der Waals surface area contributed by atoms with Gasteiger partial charge in [0.05, 0.1) is 17.5 Å². The molecule has 42 heavy (non-hydrogen) atoms. The van der Waals surface area contributed by atoms with Gasteiger partial charge in [-0.15, -0.1) is 0 Å². The second kappa shape index (κ2) is 12.5. The number of nitriles is 1. The fourth-order valence-corrected chi connectivity index (χ4v) is 4.79. The fourth-order valence-electron chi connectivity index (χ4n) is 4.79. The van der Waals surface area contributed by atoms with Crippen molar-refractivity contribution in [3.05, 3.63) is 71.5 Å². The molecule has 0 aliphatic rings. The molecule has 2 atom stereocenters. The quantitative estimate of drug-likeness (QED) is 0.217. The lowest BCUT2D eigenvalue weighted by molar-refractivity contribution is -0.155. The van der Waals surface area contributed by atoms with Crippen molar-refractivity contribution in [1.82, 2.24) is 14.8 Å².